The van der Waals surface area contributed by atoms with Crippen molar-refractivity contribution in [2.75, 3.05) is 11.1 Å². The van der Waals surface area contributed by atoms with Gasteiger partial charge in [-0.25, -0.2) is 15.0 Å². The van der Waals surface area contributed by atoms with Crippen LogP contribution in [0.3, 0.4) is 0 Å². The molecule has 10 heteroatoms. The topological polar surface area (TPSA) is 104 Å². The Morgan fingerprint density at radius 1 is 1.30 bits per heavy atom. The van der Waals surface area contributed by atoms with Crippen LogP contribution in [-0.2, 0) is 14.5 Å². The van der Waals surface area contributed by atoms with Gasteiger partial charge >= 0.3 is 0 Å². The summed E-state index contributed by atoms with van der Waals surface area (Å²) in [6.07, 6.45) is 1.62. The van der Waals surface area contributed by atoms with Crippen molar-refractivity contribution in [3.05, 3.63) is 64.4 Å². The summed E-state index contributed by atoms with van der Waals surface area (Å²) in [7, 11) is 0. The summed E-state index contributed by atoms with van der Waals surface area (Å²) in [5.74, 6) is -1.29. The number of carbonyl (C=O) groups is 3. The van der Waals surface area contributed by atoms with Crippen LogP contribution in [0.2, 0.25) is 5.02 Å². The van der Waals surface area contributed by atoms with E-state index in [2.05, 4.69) is 20.7 Å². The molecule has 0 saturated carbocycles. The zero-order valence-corrected chi connectivity index (χ0v) is 17.2. The zero-order chi connectivity index (χ0) is 21.0. The van der Waals surface area contributed by atoms with Crippen molar-refractivity contribution in [3.8, 4) is 0 Å². The molecular weight excluding hydrogens is 426 g/mol. The van der Waals surface area contributed by atoms with Crippen LogP contribution in [0.1, 0.15) is 21.6 Å². The predicted molar refractivity (Wildman–Crippen MR) is 113 cm³/mol. The minimum atomic E-state index is -1.41. The smallest absolute Gasteiger partial charge is 0.271 e. The number of nitrogens with one attached hydrogen (secondary N) is 2. The zero-order valence-electron chi connectivity index (χ0n) is 15.6. The van der Waals surface area contributed by atoms with Crippen molar-refractivity contribution >= 4 is 57.8 Å². The van der Waals surface area contributed by atoms with Gasteiger partial charge in [0.15, 0.2) is 5.65 Å². The molecule has 8 nitrogen and oxygen atoms in total. The number of pyridine rings is 2. The Bertz CT molecular complexity index is 1270. The highest BCUT2D eigenvalue weighted by atomic mass is 35.5. The Labute approximate surface area is 180 Å². The highest BCUT2D eigenvalue weighted by Crippen LogP contribution is 2.51. The summed E-state index contributed by atoms with van der Waals surface area (Å²) in [5, 5.41) is 5.00. The average molecular weight is 440 g/mol. The minimum Gasteiger partial charge on any atom is -0.322 e. The maximum atomic E-state index is 13.1. The van der Waals surface area contributed by atoms with Crippen LogP contribution in [0, 0.1) is 6.92 Å². The van der Waals surface area contributed by atoms with Crippen LogP contribution >= 0.6 is 23.4 Å². The molecule has 2 aliphatic heterocycles. The predicted octanol–water partition coefficient (Wildman–Crippen LogP) is 2.62. The first-order chi connectivity index (χ1) is 14.4. The van der Waals surface area contributed by atoms with Gasteiger partial charge in [0.1, 0.15) is 0 Å². The SMILES string of the molecule is Cc1nc2ncccc2cc1C(=O)NN1C(=O)CSC12C(=O)Nc1ccc(Cl)cc12. The molecular formula is C20H14ClN5O3S. The molecule has 3 amide bonds. The summed E-state index contributed by atoms with van der Waals surface area (Å²) >= 11 is 7.28. The van der Waals surface area contributed by atoms with E-state index in [1.54, 1.807) is 49.5 Å². The summed E-state index contributed by atoms with van der Waals surface area (Å²) < 4.78 is 0. The van der Waals surface area contributed by atoms with Crippen LogP contribution < -0.4 is 10.7 Å². The number of hydrazine groups is 1. The number of rotatable bonds is 2. The highest BCUT2D eigenvalue weighted by Gasteiger charge is 2.59. The van der Waals surface area contributed by atoms with E-state index in [9.17, 15) is 14.4 Å². The molecule has 30 heavy (non-hydrogen) atoms. The molecule has 5 rings (SSSR count). The van der Waals surface area contributed by atoms with Crippen LogP contribution in [-0.4, -0.2) is 38.5 Å². The van der Waals surface area contributed by atoms with Crippen molar-refractivity contribution in [2.24, 2.45) is 0 Å². The third-order valence-electron chi connectivity index (χ3n) is 5.11. The number of aryl methyl sites for hydroxylation is 1. The van der Waals surface area contributed by atoms with Gasteiger partial charge < -0.3 is 5.32 Å². The van der Waals surface area contributed by atoms with E-state index in [-0.39, 0.29) is 11.7 Å². The molecule has 1 spiro atoms. The van der Waals surface area contributed by atoms with Crippen LogP contribution in [0.5, 0.6) is 0 Å². The first-order valence-electron chi connectivity index (χ1n) is 9.02. The second kappa shape index (κ2) is 6.68. The fraction of sp³-hybridized carbons (Fsp3) is 0.150. The Morgan fingerprint density at radius 3 is 2.97 bits per heavy atom. The van der Waals surface area contributed by atoms with E-state index in [0.29, 0.717) is 38.6 Å². The van der Waals surface area contributed by atoms with Crippen LogP contribution in [0.25, 0.3) is 11.0 Å². The van der Waals surface area contributed by atoms with Crippen molar-refractivity contribution in [1.82, 2.24) is 20.4 Å². The van der Waals surface area contributed by atoms with Crippen LogP contribution in [0.15, 0.2) is 42.6 Å². The number of halogens is 1. The van der Waals surface area contributed by atoms with E-state index in [0.717, 1.165) is 16.8 Å². The Kier molecular flexibility index (Phi) is 4.19. The van der Waals surface area contributed by atoms with Gasteiger partial charge in [-0.15, -0.1) is 11.8 Å². The molecule has 2 aliphatic rings. The summed E-state index contributed by atoms with van der Waals surface area (Å²) in [4.78, 5) is 45.9. The van der Waals surface area contributed by atoms with Gasteiger partial charge in [-0.2, -0.15) is 0 Å². The molecule has 2 N–H and O–H groups in total. The molecule has 0 bridgehead atoms. The second-order valence-corrected chi connectivity index (χ2v) is 8.52. The summed E-state index contributed by atoms with van der Waals surface area (Å²) in [6.45, 7) is 1.69. The molecule has 1 fully saturated rings. The van der Waals surface area contributed by atoms with Gasteiger partial charge in [0.2, 0.25) is 4.87 Å². The number of fused-ring (bicyclic) bond motifs is 3. The van der Waals surface area contributed by atoms with Crippen molar-refractivity contribution in [1.29, 1.82) is 0 Å². The molecule has 4 heterocycles. The lowest BCUT2D eigenvalue weighted by Gasteiger charge is -2.32. The Morgan fingerprint density at radius 2 is 2.13 bits per heavy atom. The number of hydrogen-bond donors (Lipinski definition) is 2. The molecule has 1 aromatic carbocycles. The number of anilines is 1. The third-order valence-corrected chi connectivity index (χ3v) is 6.74. The standard InChI is InChI=1S/C20H14ClN5O3S/c1-10-13(7-11-3-2-6-22-17(11)23-10)18(28)25-26-16(27)9-30-20(26)14-8-12(21)4-5-15(14)24-19(20)29/h2-8H,9H2,1H3,(H,24,29)(H,25,28). The Balaban J connectivity index is 1.55. The van der Waals surface area contributed by atoms with E-state index >= 15 is 0 Å². The monoisotopic (exact) mass is 439 g/mol. The Hall–Kier alpha value is -3.17. The van der Waals surface area contributed by atoms with E-state index < -0.39 is 16.7 Å². The average Bonchev–Trinajstić information content (AvgIpc) is 3.19. The van der Waals surface area contributed by atoms with Gasteiger partial charge in [0, 0.05) is 27.9 Å². The molecule has 3 aromatic rings. The number of carbonyl (C=O) groups excluding carboxylic acids is 3. The fourth-order valence-corrected chi connectivity index (χ4v) is 5.12. The minimum absolute atomic E-state index is 0.0402. The van der Waals surface area contributed by atoms with Gasteiger partial charge in [-0.1, -0.05) is 11.6 Å². The maximum Gasteiger partial charge on any atom is 0.271 e. The van der Waals surface area contributed by atoms with E-state index in [1.165, 1.54) is 0 Å². The number of nitrogens with zero attached hydrogens (tertiary/aromatic N) is 3. The highest BCUT2D eigenvalue weighted by molar-refractivity contribution is 8.02. The quantitative estimate of drug-likeness (QED) is 0.636. The number of thioether (sulfide) groups is 1. The third kappa shape index (κ3) is 2.66. The second-order valence-electron chi connectivity index (χ2n) is 6.92. The molecule has 2 aromatic heterocycles. The van der Waals surface area contributed by atoms with Crippen molar-refractivity contribution < 1.29 is 14.4 Å². The lowest BCUT2D eigenvalue weighted by Crippen LogP contribution is -2.55. The number of benzene rings is 1. The number of amides is 3. The van der Waals surface area contributed by atoms with Gasteiger partial charge in [-0.3, -0.25) is 19.8 Å². The summed E-state index contributed by atoms with van der Waals surface area (Å²) in [5.41, 5.74) is 5.00. The lowest BCUT2D eigenvalue weighted by atomic mass is 10.1. The molecule has 0 radical (unpaired) electrons. The lowest BCUT2D eigenvalue weighted by molar-refractivity contribution is -0.139. The first kappa shape index (κ1) is 18.8. The number of hydrogen-bond acceptors (Lipinski definition) is 6. The molecule has 1 saturated heterocycles. The maximum absolute atomic E-state index is 13.1. The van der Waals surface area contributed by atoms with Crippen molar-refractivity contribution in [2.45, 2.75) is 11.8 Å². The number of aromatic nitrogens is 2. The van der Waals surface area contributed by atoms with Crippen molar-refractivity contribution in [3.63, 3.8) is 0 Å². The van der Waals surface area contributed by atoms with Gasteiger partial charge in [0.05, 0.1) is 17.0 Å². The first-order valence-corrected chi connectivity index (χ1v) is 10.4. The molecule has 1 unspecified atom stereocenters. The van der Waals surface area contributed by atoms with E-state index in [1.807, 2.05) is 0 Å². The fourth-order valence-electron chi connectivity index (χ4n) is 3.70. The van der Waals surface area contributed by atoms with Gasteiger partial charge in [-0.05, 0) is 43.3 Å². The van der Waals surface area contributed by atoms with E-state index in [4.69, 9.17) is 11.6 Å². The molecule has 0 aliphatic carbocycles. The molecule has 1 atom stereocenters. The van der Waals surface area contributed by atoms with Crippen LogP contribution in [0.4, 0.5) is 5.69 Å². The summed E-state index contributed by atoms with van der Waals surface area (Å²) in [6, 6.07) is 10.2. The van der Waals surface area contributed by atoms with Gasteiger partial charge in [0.25, 0.3) is 17.7 Å². The largest absolute Gasteiger partial charge is 0.322 e. The molecule has 150 valence electrons. The normalized spacial score (nSPS) is 20.0.